The molecule has 3 heteroatoms. The molecule has 0 aromatic heterocycles. The van der Waals surface area contributed by atoms with Crippen LogP contribution in [-0.4, -0.2) is 48.8 Å². The second-order valence-corrected chi connectivity index (χ2v) is 5.85. The Bertz CT molecular complexity index is 247. The largest absolute Gasteiger partial charge is 0.378 e. The van der Waals surface area contributed by atoms with Crippen molar-refractivity contribution in [2.45, 2.75) is 77.1 Å². The van der Waals surface area contributed by atoms with Crippen molar-refractivity contribution in [3.63, 3.8) is 0 Å². The van der Waals surface area contributed by atoms with Crippen LogP contribution in [0.2, 0.25) is 0 Å². The molecule has 0 bridgehead atoms. The fourth-order valence-electron chi connectivity index (χ4n) is 3.43. The van der Waals surface area contributed by atoms with Crippen molar-refractivity contribution >= 4 is 0 Å². The molecule has 4 unspecified atom stereocenters. The third kappa shape index (κ3) is 3.25. The summed E-state index contributed by atoms with van der Waals surface area (Å²) in [6.45, 7) is 10.2. The Balaban J connectivity index is 1.98. The number of nitrogens with zero attached hydrogens (tertiary/aromatic N) is 1. The van der Waals surface area contributed by atoms with E-state index in [1.165, 1.54) is 38.8 Å². The zero-order valence-electron chi connectivity index (χ0n) is 12.3. The minimum atomic E-state index is 0.496. The van der Waals surface area contributed by atoms with Gasteiger partial charge in [0.15, 0.2) is 0 Å². The molecule has 3 nitrogen and oxygen atoms in total. The van der Waals surface area contributed by atoms with Gasteiger partial charge in [-0.2, -0.15) is 0 Å². The zero-order valence-corrected chi connectivity index (χ0v) is 12.3. The molecule has 0 radical (unpaired) electrons. The molecule has 0 saturated carbocycles. The van der Waals surface area contributed by atoms with Crippen LogP contribution >= 0.6 is 0 Å². The first kappa shape index (κ1) is 14.3. The first-order valence-electron chi connectivity index (χ1n) is 7.89. The van der Waals surface area contributed by atoms with Gasteiger partial charge in [0.2, 0.25) is 0 Å². The van der Waals surface area contributed by atoms with Crippen molar-refractivity contribution in [3.05, 3.63) is 0 Å². The summed E-state index contributed by atoms with van der Waals surface area (Å²) in [5.41, 5.74) is 0. The van der Waals surface area contributed by atoms with Gasteiger partial charge in [-0.3, -0.25) is 4.90 Å². The van der Waals surface area contributed by atoms with E-state index in [2.05, 4.69) is 31.0 Å². The topological polar surface area (TPSA) is 24.5 Å². The zero-order chi connectivity index (χ0) is 13.0. The smallest absolute Gasteiger partial charge is 0.0587 e. The summed E-state index contributed by atoms with van der Waals surface area (Å²) < 4.78 is 5.83. The van der Waals surface area contributed by atoms with Gasteiger partial charge < -0.3 is 10.1 Å². The van der Waals surface area contributed by atoms with E-state index >= 15 is 0 Å². The second kappa shape index (κ2) is 6.88. The van der Waals surface area contributed by atoms with Gasteiger partial charge in [0.25, 0.3) is 0 Å². The second-order valence-electron chi connectivity index (χ2n) is 5.85. The van der Waals surface area contributed by atoms with Crippen LogP contribution in [0, 0.1) is 0 Å². The van der Waals surface area contributed by atoms with E-state index in [0.717, 1.165) is 25.1 Å². The van der Waals surface area contributed by atoms with E-state index in [1.807, 2.05) is 0 Å². The SMILES string of the molecule is CCC1CN(C2CCOC(CC)C2)C(CC)CN1. The van der Waals surface area contributed by atoms with E-state index < -0.39 is 0 Å². The molecule has 106 valence electrons. The fourth-order valence-corrected chi connectivity index (χ4v) is 3.43. The summed E-state index contributed by atoms with van der Waals surface area (Å²) in [6.07, 6.45) is 6.63. The summed E-state index contributed by atoms with van der Waals surface area (Å²) in [5, 5.41) is 3.69. The molecule has 2 saturated heterocycles. The van der Waals surface area contributed by atoms with Crippen LogP contribution < -0.4 is 5.32 Å². The van der Waals surface area contributed by atoms with Crippen LogP contribution in [0.15, 0.2) is 0 Å². The third-order valence-electron chi connectivity index (χ3n) is 4.77. The minimum absolute atomic E-state index is 0.496. The van der Waals surface area contributed by atoms with Gasteiger partial charge in [0.05, 0.1) is 6.10 Å². The quantitative estimate of drug-likeness (QED) is 0.834. The van der Waals surface area contributed by atoms with Gasteiger partial charge in [0, 0.05) is 37.8 Å². The number of ether oxygens (including phenoxy) is 1. The Morgan fingerprint density at radius 3 is 2.67 bits per heavy atom. The normalized spacial score (nSPS) is 38.8. The average Bonchev–Trinajstić information content (AvgIpc) is 2.46. The Morgan fingerprint density at radius 1 is 1.17 bits per heavy atom. The molecule has 0 aromatic rings. The number of hydrogen-bond acceptors (Lipinski definition) is 3. The predicted octanol–water partition coefficient (Wildman–Crippen LogP) is 2.41. The summed E-state index contributed by atoms with van der Waals surface area (Å²) in [5.74, 6) is 0. The molecule has 0 amide bonds. The van der Waals surface area contributed by atoms with E-state index in [-0.39, 0.29) is 0 Å². The molecule has 2 aliphatic heterocycles. The van der Waals surface area contributed by atoms with Crippen molar-refractivity contribution in [3.8, 4) is 0 Å². The van der Waals surface area contributed by atoms with Gasteiger partial charge in [-0.1, -0.05) is 20.8 Å². The van der Waals surface area contributed by atoms with Gasteiger partial charge in [-0.05, 0) is 32.1 Å². The lowest BCUT2D eigenvalue weighted by molar-refractivity contribution is -0.0469. The molecular formula is C15H30N2O. The number of piperazine rings is 1. The molecule has 4 atom stereocenters. The van der Waals surface area contributed by atoms with Crippen LogP contribution in [0.25, 0.3) is 0 Å². The summed E-state index contributed by atoms with van der Waals surface area (Å²) in [4.78, 5) is 2.79. The van der Waals surface area contributed by atoms with Gasteiger partial charge >= 0.3 is 0 Å². The Kier molecular flexibility index (Phi) is 5.46. The van der Waals surface area contributed by atoms with E-state index in [0.29, 0.717) is 12.1 Å². The molecule has 2 aliphatic rings. The minimum Gasteiger partial charge on any atom is -0.378 e. The highest BCUT2D eigenvalue weighted by Crippen LogP contribution is 2.25. The molecule has 2 fully saturated rings. The van der Waals surface area contributed by atoms with Crippen molar-refractivity contribution in [1.29, 1.82) is 0 Å². The fraction of sp³-hybridized carbons (Fsp3) is 1.00. The highest BCUT2D eigenvalue weighted by Gasteiger charge is 2.34. The van der Waals surface area contributed by atoms with Crippen molar-refractivity contribution in [2.75, 3.05) is 19.7 Å². The maximum atomic E-state index is 5.83. The molecule has 18 heavy (non-hydrogen) atoms. The lowest BCUT2D eigenvalue weighted by Crippen LogP contribution is -2.60. The predicted molar refractivity (Wildman–Crippen MR) is 75.9 cm³/mol. The molecule has 2 rings (SSSR count). The third-order valence-corrected chi connectivity index (χ3v) is 4.77. The van der Waals surface area contributed by atoms with Gasteiger partial charge in [-0.25, -0.2) is 0 Å². The number of nitrogens with one attached hydrogen (secondary N) is 1. The summed E-state index contributed by atoms with van der Waals surface area (Å²) in [6, 6.07) is 2.17. The highest BCUT2D eigenvalue weighted by atomic mass is 16.5. The van der Waals surface area contributed by atoms with E-state index in [1.54, 1.807) is 0 Å². The maximum absolute atomic E-state index is 5.83. The van der Waals surface area contributed by atoms with Crippen molar-refractivity contribution < 1.29 is 4.74 Å². The van der Waals surface area contributed by atoms with Crippen LogP contribution in [0.3, 0.4) is 0 Å². The monoisotopic (exact) mass is 254 g/mol. The van der Waals surface area contributed by atoms with Crippen molar-refractivity contribution in [1.82, 2.24) is 10.2 Å². The van der Waals surface area contributed by atoms with E-state index in [9.17, 15) is 0 Å². The maximum Gasteiger partial charge on any atom is 0.0587 e. The molecular weight excluding hydrogens is 224 g/mol. The Labute approximate surface area is 112 Å². The Hall–Kier alpha value is -0.120. The molecule has 1 N–H and O–H groups in total. The summed E-state index contributed by atoms with van der Waals surface area (Å²) >= 11 is 0. The average molecular weight is 254 g/mol. The molecule has 0 aromatic carbocycles. The van der Waals surface area contributed by atoms with Gasteiger partial charge in [-0.15, -0.1) is 0 Å². The lowest BCUT2D eigenvalue weighted by Gasteiger charge is -2.46. The summed E-state index contributed by atoms with van der Waals surface area (Å²) in [7, 11) is 0. The molecule has 2 heterocycles. The van der Waals surface area contributed by atoms with Gasteiger partial charge in [0.1, 0.15) is 0 Å². The lowest BCUT2D eigenvalue weighted by atomic mass is 9.95. The molecule has 0 spiro atoms. The van der Waals surface area contributed by atoms with E-state index in [4.69, 9.17) is 4.74 Å². The highest BCUT2D eigenvalue weighted by molar-refractivity contribution is 4.90. The number of rotatable bonds is 4. The first-order chi connectivity index (χ1) is 8.78. The molecule has 0 aliphatic carbocycles. The first-order valence-corrected chi connectivity index (χ1v) is 7.89. The number of hydrogen-bond donors (Lipinski definition) is 1. The van der Waals surface area contributed by atoms with Crippen LogP contribution in [0.5, 0.6) is 0 Å². The Morgan fingerprint density at radius 2 is 2.00 bits per heavy atom. The van der Waals surface area contributed by atoms with Crippen LogP contribution in [-0.2, 0) is 4.74 Å². The van der Waals surface area contributed by atoms with Crippen LogP contribution in [0.1, 0.15) is 52.9 Å². The van der Waals surface area contributed by atoms with Crippen LogP contribution in [0.4, 0.5) is 0 Å². The van der Waals surface area contributed by atoms with Crippen molar-refractivity contribution in [2.24, 2.45) is 0 Å². The standard InChI is InChI=1S/C15H30N2O/c1-4-12-11-17(13(5-2)10-16-12)14-7-8-18-15(6-3)9-14/h12-16H,4-11H2,1-3H3.